The second-order valence-corrected chi connectivity index (χ2v) is 2.70. The van der Waals surface area contributed by atoms with Gasteiger partial charge in [0.05, 0.1) is 12.0 Å². The van der Waals surface area contributed by atoms with E-state index in [2.05, 4.69) is 5.16 Å². The summed E-state index contributed by atoms with van der Waals surface area (Å²) in [7, 11) is 0. The molecule has 12 heavy (non-hydrogen) atoms. The molecule has 0 aliphatic heterocycles. The summed E-state index contributed by atoms with van der Waals surface area (Å²) in [5.74, 6) is 1.45. The second kappa shape index (κ2) is 2.52. The molecular formula is C9H9NO2. The Morgan fingerprint density at radius 2 is 2.17 bits per heavy atom. The van der Waals surface area contributed by atoms with Gasteiger partial charge in [-0.15, -0.1) is 0 Å². The van der Waals surface area contributed by atoms with Gasteiger partial charge in [0.1, 0.15) is 0 Å². The molecule has 2 aromatic heterocycles. The minimum atomic E-state index is 0.720. The number of furan rings is 1. The van der Waals surface area contributed by atoms with Crippen molar-refractivity contribution in [3.8, 4) is 11.5 Å². The molecule has 0 aliphatic rings. The van der Waals surface area contributed by atoms with Crippen molar-refractivity contribution in [2.45, 2.75) is 13.8 Å². The van der Waals surface area contributed by atoms with E-state index in [4.69, 9.17) is 8.94 Å². The first-order valence-corrected chi connectivity index (χ1v) is 3.76. The number of rotatable bonds is 1. The summed E-state index contributed by atoms with van der Waals surface area (Å²) in [6.45, 7) is 3.87. The molecule has 0 radical (unpaired) electrons. The van der Waals surface area contributed by atoms with E-state index in [0.29, 0.717) is 0 Å². The summed E-state index contributed by atoms with van der Waals surface area (Å²) in [5.41, 5.74) is 1.94. The SMILES string of the molecule is Cc1noc(-c2ccco2)c1C. The van der Waals surface area contributed by atoms with Gasteiger partial charge in [0.25, 0.3) is 0 Å². The Hall–Kier alpha value is -1.51. The highest BCUT2D eigenvalue weighted by molar-refractivity contribution is 5.54. The molecule has 0 saturated carbocycles. The number of hydrogen-bond donors (Lipinski definition) is 0. The van der Waals surface area contributed by atoms with E-state index >= 15 is 0 Å². The molecule has 2 rings (SSSR count). The fourth-order valence-corrected chi connectivity index (χ4v) is 1.05. The normalized spacial score (nSPS) is 10.5. The molecule has 62 valence electrons. The van der Waals surface area contributed by atoms with Crippen LogP contribution in [0, 0.1) is 13.8 Å². The van der Waals surface area contributed by atoms with E-state index in [0.717, 1.165) is 22.8 Å². The van der Waals surface area contributed by atoms with Gasteiger partial charge in [-0.05, 0) is 26.0 Å². The van der Waals surface area contributed by atoms with Gasteiger partial charge >= 0.3 is 0 Å². The van der Waals surface area contributed by atoms with E-state index in [-0.39, 0.29) is 0 Å². The van der Waals surface area contributed by atoms with Crippen molar-refractivity contribution < 1.29 is 8.94 Å². The lowest BCUT2D eigenvalue weighted by atomic mass is 10.2. The van der Waals surface area contributed by atoms with E-state index in [1.807, 2.05) is 26.0 Å². The third kappa shape index (κ3) is 0.942. The zero-order valence-corrected chi connectivity index (χ0v) is 7.00. The Balaban J connectivity index is 2.55. The topological polar surface area (TPSA) is 39.2 Å². The Kier molecular flexibility index (Phi) is 1.50. The molecule has 2 heterocycles. The number of nitrogens with zero attached hydrogens (tertiary/aromatic N) is 1. The third-order valence-electron chi connectivity index (χ3n) is 1.90. The van der Waals surface area contributed by atoms with Crippen LogP contribution in [0.3, 0.4) is 0 Å². The predicted octanol–water partition coefficient (Wildman–Crippen LogP) is 2.55. The summed E-state index contributed by atoms with van der Waals surface area (Å²) in [6, 6.07) is 3.68. The minimum absolute atomic E-state index is 0.720. The summed E-state index contributed by atoms with van der Waals surface area (Å²) in [4.78, 5) is 0. The quantitative estimate of drug-likeness (QED) is 0.648. The molecule has 0 unspecified atom stereocenters. The Morgan fingerprint density at radius 1 is 1.33 bits per heavy atom. The average Bonchev–Trinajstić information content (AvgIpc) is 2.64. The highest BCUT2D eigenvalue weighted by Crippen LogP contribution is 2.25. The lowest BCUT2D eigenvalue weighted by Crippen LogP contribution is -1.75. The predicted molar refractivity (Wildman–Crippen MR) is 43.7 cm³/mol. The Bertz CT molecular complexity index is 373. The van der Waals surface area contributed by atoms with Crippen LogP contribution in [0.2, 0.25) is 0 Å². The highest BCUT2D eigenvalue weighted by Gasteiger charge is 2.12. The minimum Gasteiger partial charge on any atom is -0.461 e. The first-order valence-electron chi connectivity index (χ1n) is 3.76. The van der Waals surface area contributed by atoms with Gasteiger partial charge in [-0.3, -0.25) is 0 Å². The molecule has 0 aromatic carbocycles. The zero-order valence-electron chi connectivity index (χ0n) is 7.00. The van der Waals surface area contributed by atoms with E-state index in [1.54, 1.807) is 6.26 Å². The average molecular weight is 163 g/mol. The fraction of sp³-hybridized carbons (Fsp3) is 0.222. The monoisotopic (exact) mass is 163 g/mol. The molecule has 0 bridgehead atoms. The van der Waals surface area contributed by atoms with Crippen LogP contribution in [0.25, 0.3) is 11.5 Å². The first kappa shape index (κ1) is 7.16. The molecule has 0 saturated heterocycles. The van der Waals surface area contributed by atoms with Gasteiger partial charge in [-0.1, -0.05) is 5.16 Å². The summed E-state index contributed by atoms with van der Waals surface area (Å²) < 4.78 is 10.3. The standard InChI is InChI=1S/C9H9NO2/c1-6-7(2)10-12-9(6)8-4-3-5-11-8/h3-5H,1-2H3. The van der Waals surface area contributed by atoms with Crippen LogP contribution in [-0.2, 0) is 0 Å². The van der Waals surface area contributed by atoms with Crippen molar-refractivity contribution in [2.24, 2.45) is 0 Å². The first-order chi connectivity index (χ1) is 5.79. The largest absolute Gasteiger partial charge is 0.461 e. The Labute approximate surface area is 70.0 Å². The number of aromatic nitrogens is 1. The van der Waals surface area contributed by atoms with E-state index in [1.165, 1.54) is 0 Å². The van der Waals surface area contributed by atoms with E-state index < -0.39 is 0 Å². The van der Waals surface area contributed by atoms with Crippen LogP contribution in [0.1, 0.15) is 11.3 Å². The van der Waals surface area contributed by atoms with Crippen molar-refractivity contribution in [2.75, 3.05) is 0 Å². The molecule has 3 heteroatoms. The molecule has 3 nitrogen and oxygen atoms in total. The van der Waals surface area contributed by atoms with Gasteiger partial charge in [-0.2, -0.15) is 0 Å². The maximum absolute atomic E-state index is 5.18. The van der Waals surface area contributed by atoms with Gasteiger partial charge in [0.2, 0.25) is 5.76 Å². The van der Waals surface area contributed by atoms with Crippen molar-refractivity contribution in [1.29, 1.82) is 0 Å². The van der Waals surface area contributed by atoms with Crippen LogP contribution >= 0.6 is 0 Å². The highest BCUT2D eigenvalue weighted by atomic mass is 16.5. The molecule has 0 N–H and O–H groups in total. The zero-order chi connectivity index (χ0) is 8.55. The second-order valence-electron chi connectivity index (χ2n) is 2.70. The van der Waals surface area contributed by atoms with Gasteiger partial charge in [0.15, 0.2) is 5.76 Å². The van der Waals surface area contributed by atoms with Crippen LogP contribution < -0.4 is 0 Å². The summed E-state index contributed by atoms with van der Waals surface area (Å²) >= 11 is 0. The summed E-state index contributed by atoms with van der Waals surface area (Å²) in [6.07, 6.45) is 1.62. The maximum Gasteiger partial charge on any atom is 0.205 e. The lowest BCUT2D eigenvalue weighted by Gasteiger charge is -1.89. The van der Waals surface area contributed by atoms with Crippen LogP contribution in [-0.4, -0.2) is 5.16 Å². The van der Waals surface area contributed by atoms with Crippen LogP contribution in [0.5, 0.6) is 0 Å². The molecule has 0 atom stereocenters. The maximum atomic E-state index is 5.18. The Morgan fingerprint density at radius 3 is 2.67 bits per heavy atom. The van der Waals surface area contributed by atoms with Crippen LogP contribution in [0.4, 0.5) is 0 Å². The molecule has 0 amide bonds. The van der Waals surface area contributed by atoms with Gasteiger partial charge < -0.3 is 8.94 Å². The fourth-order valence-electron chi connectivity index (χ4n) is 1.05. The van der Waals surface area contributed by atoms with Crippen molar-refractivity contribution in [3.05, 3.63) is 29.7 Å². The lowest BCUT2D eigenvalue weighted by molar-refractivity contribution is 0.413. The number of aryl methyl sites for hydroxylation is 1. The molecule has 2 aromatic rings. The summed E-state index contributed by atoms with van der Waals surface area (Å²) in [5, 5.41) is 3.84. The van der Waals surface area contributed by atoms with Gasteiger partial charge in [-0.25, -0.2) is 0 Å². The van der Waals surface area contributed by atoms with Crippen molar-refractivity contribution in [3.63, 3.8) is 0 Å². The molecular weight excluding hydrogens is 154 g/mol. The molecule has 0 spiro atoms. The van der Waals surface area contributed by atoms with Crippen molar-refractivity contribution >= 4 is 0 Å². The molecule has 0 aliphatic carbocycles. The molecule has 0 fully saturated rings. The van der Waals surface area contributed by atoms with E-state index in [9.17, 15) is 0 Å². The third-order valence-corrected chi connectivity index (χ3v) is 1.90. The van der Waals surface area contributed by atoms with Crippen molar-refractivity contribution in [1.82, 2.24) is 5.16 Å². The smallest absolute Gasteiger partial charge is 0.205 e. The van der Waals surface area contributed by atoms with Gasteiger partial charge in [0, 0.05) is 5.56 Å². The van der Waals surface area contributed by atoms with Crippen LogP contribution in [0.15, 0.2) is 27.3 Å². The number of hydrogen-bond acceptors (Lipinski definition) is 3.